The Morgan fingerprint density at radius 1 is 1.22 bits per heavy atom. The van der Waals surface area contributed by atoms with Gasteiger partial charge in [0, 0.05) is 27.5 Å². The monoisotopic (exact) mass is 514 g/mol. The van der Waals surface area contributed by atoms with Gasteiger partial charge in [-0.05, 0) is 68.2 Å². The van der Waals surface area contributed by atoms with Crippen molar-refractivity contribution in [1.29, 1.82) is 0 Å². The number of anilines is 1. The molecule has 2 aromatic carbocycles. The van der Waals surface area contributed by atoms with Crippen molar-refractivity contribution in [1.82, 2.24) is 15.3 Å². The van der Waals surface area contributed by atoms with Crippen molar-refractivity contribution in [3.05, 3.63) is 56.2 Å². The number of nitrogens with one attached hydrogen (secondary N) is 3. The van der Waals surface area contributed by atoms with Gasteiger partial charge in [-0.25, -0.2) is 4.98 Å². The summed E-state index contributed by atoms with van der Waals surface area (Å²) in [6.45, 7) is 1.91. The molecule has 0 radical (unpaired) electrons. The SMILES string of the molecule is O=C(CC1CCNCC1)Nc1ccc(-c2nc3c(oc4ccc(Br)cc43)c(=O)[nH]2)c(Cl)c1. The second-order valence-corrected chi connectivity index (χ2v) is 9.30. The molecule has 0 spiro atoms. The van der Waals surface area contributed by atoms with Gasteiger partial charge in [0.2, 0.25) is 11.5 Å². The average Bonchev–Trinajstić information content (AvgIpc) is 3.13. The lowest BCUT2D eigenvalue weighted by Gasteiger charge is -2.22. The Bertz CT molecular complexity index is 1390. The highest BCUT2D eigenvalue weighted by Gasteiger charge is 2.18. The zero-order valence-corrected chi connectivity index (χ0v) is 19.3. The quantitative estimate of drug-likeness (QED) is 0.352. The Morgan fingerprint density at radius 2 is 2.03 bits per heavy atom. The van der Waals surface area contributed by atoms with Gasteiger partial charge >= 0.3 is 0 Å². The summed E-state index contributed by atoms with van der Waals surface area (Å²) in [6, 6.07) is 10.7. The first kappa shape index (κ1) is 21.2. The number of amides is 1. The number of carbonyl (C=O) groups is 1. The minimum absolute atomic E-state index is 0.0240. The van der Waals surface area contributed by atoms with Crippen molar-refractivity contribution in [3.8, 4) is 11.4 Å². The number of hydrogen-bond donors (Lipinski definition) is 3. The first-order valence-electron chi connectivity index (χ1n) is 10.4. The molecule has 2 aromatic heterocycles. The Kier molecular flexibility index (Phi) is 5.75. The smallest absolute Gasteiger partial charge is 0.294 e. The van der Waals surface area contributed by atoms with Crippen LogP contribution in [0.15, 0.2) is 50.1 Å². The number of fused-ring (bicyclic) bond motifs is 3. The van der Waals surface area contributed by atoms with Crippen LogP contribution in [0.25, 0.3) is 33.5 Å². The minimum atomic E-state index is -0.382. The topological polar surface area (TPSA) is 100 Å². The number of carbonyl (C=O) groups excluding carboxylic acids is 1. The molecule has 0 aliphatic carbocycles. The van der Waals surface area contributed by atoms with Gasteiger partial charge in [-0.3, -0.25) is 9.59 Å². The zero-order valence-electron chi connectivity index (χ0n) is 17.0. The van der Waals surface area contributed by atoms with E-state index in [1.165, 1.54) is 0 Å². The van der Waals surface area contributed by atoms with Gasteiger partial charge < -0.3 is 20.0 Å². The first-order valence-corrected chi connectivity index (χ1v) is 11.6. The van der Waals surface area contributed by atoms with Crippen LogP contribution >= 0.6 is 27.5 Å². The number of nitrogens with zero attached hydrogens (tertiary/aromatic N) is 1. The highest BCUT2D eigenvalue weighted by atomic mass is 79.9. The molecule has 0 atom stereocenters. The summed E-state index contributed by atoms with van der Waals surface area (Å²) < 4.78 is 6.53. The fraction of sp³-hybridized carbons (Fsp3) is 0.261. The largest absolute Gasteiger partial charge is 0.449 e. The van der Waals surface area contributed by atoms with E-state index in [0.717, 1.165) is 35.8 Å². The van der Waals surface area contributed by atoms with Crippen molar-refractivity contribution >= 4 is 61.2 Å². The maximum absolute atomic E-state index is 12.6. The minimum Gasteiger partial charge on any atom is -0.449 e. The molecule has 1 fully saturated rings. The molecule has 32 heavy (non-hydrogen) atoms. The fourth-order valence-corrected chi connectivity index (χ4v) is 4.73. The molecule has 1 saturated heterocycles. The Balaban J connectivity index is 1.43. The molecule has 3 N–H and O–H groups in total. The van der Waals surface area contributed by atoms with Crippen LogP contribution in [0.5, 0.6) is 0 Å². The Hall–Kier alpha value is -2.68. The molecule has 9 heteroatoms. The number of hydrogen-bond acceptors (Lipinski definition) is 5. The average molecular weight is 516 g/mol. The van der Waals surface area contributed by atoms with E-state index in [0.29, 0.717) is 45.5 Å². The van der Waals surface area contributed by atoms with Crippen molar-refractivity contribution in [3.63, 3.8) is 0 Å². The van der Waals surface area contributed by atoms with Crippen molar-refractivity contribution < 1.29 is 9.21 Å². The van der Waals surface area contributed by atoms with E-state index < -0.39 is 0 Å². The van der Waals surface area contributed by atoms with Crippen LogP contribution in [-0.4, -0.2) is 29.0 Å². The molecule has 1 aliphatic rings. The number of rotatable bonds is 4. The molecule has 7 nitrogen and oxygen atoms in total. The second-order valence-electron chi connectivity index (χ2n) is 7.98. The van der Waals surface area contributed by atoms with Crippen molar-refractivity contribution in [2.45, 2.75) is 19.3 Å². The summed E-state index contributed by atoms with van der Waals surface area (Å²) >= 11 is 9.95. The van der Waals surface area contributed by atoms with Gasteiger partial charge in [0.25, 0.3) is 5.56 Å². The number of aromatic amines is 1. The van der Waals surface area contributed by atoms with Crippen LogP contribution < -0.4 is 16.2 Å². The lowest BCUT2D eigenvalue weighted by Crippen LogP contribution is -2.30. The molecule has 1 amide bonds. The maximum Gasteiger partial charge on any atom is 0.294 e. The predicted octanol–water partition coefficient (Wildman–Crippen LogP) is 5.08. The van der Waals surface area contributed by atoms with Crippen LogP contribution in [0.4, 0.5) is 5.69 Å². The molecular formula is C23H20BrClN4O3. The van der Waals surface area contributed by atoms with E-state index in [4.69, 9.17) is 16.0 Å². The van der Waals surface area contributed by atoms with E-state index in [1.807, 2.05) is 12.1 Å². The van der Waals surface area contributed by atoms with E-state index in [2.05, 4.69) is 36.5 Å². The van der Waals surface area contributed by atoms with Gasteiger partial charge in [0.05, 0.1) is 5.02 Å². The Labute approximate surface area is 196 Å². The van der Waals surface area contributed by atoms with Gasteiger partial charge in [0.1, 0.15) is 16.9 Å². The number of piperidine rings is 1. The highest BCUT2D eigenvalue weighted by Crippen LogP contribution is 2.32. The fourth-order valence-electron chi connectivity index (χ4n) is 4.10. The number of aromatic nitrogens is 2. The zero-order chi connectivity index (χ0) is 22.2. The van der Waals surface area contributed by atoms with E-state index in [-0.39, 0.29) is 17.0 Å². The number of H-pyrrole nitrogens is 1. The van der Waals surface area contributed by atoms with Crippen LogP contribution in [0.3, 0.4) is 0 Å². The van der Waals surface area contributed by atoms with Gasteiger partial charge in [-0.1, -0.05) is 27.5 Å². The van der Waals surface area contributed by atoms with Crippen molar-refractivity contribution in [2.24, 2.45) is 5.92 Å². The van der Waals surface area contributed by atoms with E-state index in [9.17, 15) is 9.59 Å². The van der Waals surface area contributed by atoms with E-state index >= 15 is 0 Å². The van der Waals surface area contributed by atoms with Gasteiger partial charge in [-0.2, -0.15) is 0 Å². The number of halogens is 2. The summed E-state index contributed by atoms with van der Waals surface area (Å²) in [5.41, 5.74) is 2.00. The summed E-state index contributed by atoms with van der Waals surface area (Å²) in [4.78, 5) is 32.4. The van der Waals surface area contributed by atoms with Crippen LogP contribution in [0.2, 0.25) is 5.02 Å². The lowest BCUT2D eigenvalue weighted by atomic mass is 9.94. The standard InChI is InChI=1S/C23H20BrClN4O3/c24-13-1-4-18-16(10-13)20-21(32-18)23(31)29-22(28-20)15-3-2-14(11-17(15)25)27-19(30)9-12-5-7-26-8-6-12/h1-4,10-12,26H,5-9H2,(H,27,30)(H,28,29,31). The van der Waals surface area contributed by atoms with Gasteiger partial charge in [0.15, 0.2) is 0 Å². The second kappa shape index (κ2) is 8.69. The molecule has 164 valence electrons. The molecular weight excluding hydrogens is 496 g/mol. The number of benzene rings is 2. The molecule has 4 aromatic rings. The third-order valence-electron chi connectivity index (χ3n) is 5.73. The highest BCUT2D eigenvalue weighted by molar-refractivity contribution is 9.10. The third-order valence-corrected chi connectivity index (χ3v) is 6.53. The lowest BCUT2D eigenvalue weighted by molar-refractivity contribution is -0.117. The van der Waals surface area contributed by atoms with Crippen LogP contribution in [-0.2, 0) is 4.79 Å². The van der Waals surface area contributed by atoms with Crippen LogP contribution in [0, 0.1) is 5.92 Å². The number of furan rings is 1. The van der Waals surface area contributed by atoms with Crippen LogP contribution in [0.1, 0.15) is 19.3 Å². The molecule has 3 heterocycles. The Morgan fingerprint density at radius 3 is 2.81 bits per heavy atom. The van der Waals surface area contributed by atoms with Crippen molar-refractivity contribution in [2.75, 3.05) is 18.4 Å². The van der Waals surface area contributed by atoms with Gasteiger partial charge in [-0.15, -0.1) is 0 Å². The summed E-state index contributed by atoms with van der Waals surface area (Å²) in [7, 11) is 0. The summed E-state index contributed by atoms with van der Waals surface area (Å²) in [5, 5.41) is 7.34. The summed E-state index contributed by atoms with van der Waals surface area (Å²) in [6.07, 6.45) is 2.51. The maximum atomic E-state index is 12.6. The molecule has 0 unspecified atom stereocenters. The molecule has 0 saturated carbocycles. The third kappa shape index (κ3) is 4.18. The van der Waals surface area contributed by atoms with E-state index in [1.54, 1.807) is 24.3 Å². The predicted molar refractivity (Wildman–Crippen MR) is 129 cm³/mol. The molecule has 1 aliphatic heterocycles. The molecule has 0 bridgehead atoms. The molecule has 5 rings (SSSR count). The first-order chi connectivity index (χ1) is 15.5. The summed E-state index contributed by atoms with van der Waals surface area (Å²) in [5.74, 6) is 0.712. The normalized spacial score (nSPS) is 14.8.